The summed E-state index contributed by atoms with van der Waals surface area (Å²) >= 11 is 0. The van der Waals surface area contributed by atoms with Crippen molar-refractivity contribution in [2.75, 3.05) is 65.5 Å². The Labute approximate surface area is 200 Å². The van der Waals surface area contributed by atoms with Gasteiger partial charge in [0.1, 0.15) is 11.5 Å². The fourth-order valence-electron chi connectivity index (χ4n) is 4.41. The summed E-state index contributed by atoms with van der Waals surface area (Å²) in [5.74, 6) is -0.923. The van der Waals surface area contributed by atoms with E-state index < -0.39 is 17.7 Å². The number of hydrogen-bond acceptors (Lipinski definition) is 7. The molecule has 0 radical (unpaired) electrons. The van der Waals surface area contributed by atoms with Gasteiger partial charge in [-0.2, -0.15) is 0 Å². The smallest absolute Gasteiger partial charge is 0.295 e. The van der Waals surface area contributed by atoms with Crippen LogP contribution in [0.25, 0.3) is 5.76 Å². The van der Waals surface area contributed by atoms with Crippen molar-refractivity contribution in [2.24, 2.45) is 0 Å². The first-order valence-electron chi connectivity index (χ1n) is 11.4. The molecule has 8 nitrogen and oxygen atoms in total. The third-order valence-corrected chi connectivity index (χ3v) is 6.37. The number of anilines is 1. The van der Waals surface area contributed by atoms with Crippen molar-refractivity contribution >= 4 is 23.1 Å². The lowest BCUT2D eigenvalue weighted by Crippen LogP contribution is -2.42. The summed E-state index contributed by atoms with van der Waals surface area (Å²) < 4.78 is 10.7. The van der Waals surface area contributed by atoms with Crippen LogP contribution in [-0.4, -0.2) is 87.2 Å². The highest BCUT2D eigenvalue weighted by Gasteiger charge is 2.46. The average molecular weight is 466 g/mol. The summed E-state index contributed by atoms with van der Waals surface area (Å²) in [5.41, 5.74) is 2.30. The van der Waals surface area contributed by atoms with E-state index in [0.717, 1.165) is 24.3 Å². The van der Waals surface area contributed by atoms with Crippen LogP contribution in [0.2, 0.25) is 0 Å². The number of ketones is 1. The molecule has 1 N–H and O–H groups in total. The van der Waals surface area contributed by atoms with Crippen molar-refractivity contribution in [3.05, 3.63) is 65.2 Å². The lowest BCUT2D eigenvalue weighted by atomic mass is 9.95. The topological polar surface area (TPSA) is 82.5 Å². The van der Waals surface area contributed by atoms with Crippen LogP contribution >= 0.6 is 0 Å². The zero-order valence-electron chi connectivity index (χ0n) is 19.9. The highest BCUT2D eigenvalue weighted by Crippen LogP contribution is 2.40. The molecule has 1 atom stereocenters. The Bertz CT molecular complexity index is 1070. The van der Waals surface area contributed by atoms with Crippen LogP contribution in [0.5, 0.6) is 5.75 Å². The number of morpholine rings is 1. The van der Waals surface area contributed by atoms with Gasteiger partial charge in [0.2, 0.25) is 0 Å². The maximum Gasteiger partial charge on any atom is 0.295 e. The van der Waals surface area contributed by atoms with Crippen molar-refractivity contribution in [1.29, 1.82) is 0 Å². The van der Waals surface area contributed by atoms with Gasteiger partial charge in [-0.05, 0) is 29.8 Å². The zero-order chi connectivity index (χ0) is 24.2. The lowest BCUT2D eigenvalue weighted by molar-refractivity contribution is -0.140. The van der Waals surface area contributed by atoms with E-state index in [1.165, 1.54) is 7.11 Å². The van der Waals surface area contributed by atoms with Gasteiger partial charge in [0, 0.05) is 51.5 Å². The minimum absolute atomic E-state index is 0.0952. The number of aliphatic hydroxyl groups is 1. The number of benzene rings is 2. The van der Waals surface area contributed by atoms with Crippen molar-refractivity contribution in [3.63, 3.8) is 0 Å². The summed E-state index contributed by atoms with van der Waals surface area (Å²) in [6.45, 7) is 3.89. The molecule has 8 heteroatoms. The van der Waals surface area contributed by atoms with Crippen LogP contribution in [-0.2, 0) is 14.3 Å². The van der Waals surface area contributed by atoms with Gasteiger partial charge in [0.15, 0.2) is 0 Å². The summed E-state index contributed by atoms with van der Waals surface area (Å²) in [6.07, 6.45) is 0. The predicted octanol–water partition coefficient (Wildman–Crippen LogP) is 2.52. The van der Waals surface area contributed by atoms with Crippen LogP contribution in [0.1, 0.15) is 17.2 Å². The van der Waals surface area contributed by atoms with Crippen molar-refractivity contribution in [1.82, 2.24) is 9.80 Å². The molecule has 4 rings (SSSR count). The molecule has 1 amide bonds. The van der Waals surface area contributed by atoms with Crippen LogP contribution in [0.3, 0.4) is 0 Å². The number of amides is 1. The molecule has 0 aliphatic carbocycles. The van der Waals surface area contributed by atoms with E-state index in [4.69, 9.17) is 9.47 Å². The lowest BCUT2D eigenvalue weighted by Gasteiger charge is -2.31. The van der Waals surface area contributed by atoms with Crippen molar-refractivity contribution < 1.29 is 24.2 Å². The number of ether oxygens (including phenoxy) is 2. The van der Waals surface area contributed by atoms with E-state index in [-0.39, 0.29) is 11.3 Å². The molecule has 2 aromatic rings. The highest BCUT2D eigenvalue weighted by atomic mass is 16.5. The Morgan fingerprint density at radius 1 is 1.09 bits per heavy atom. The molecule has 2 aliphatic heterocycles. The molecule has 0 bridgehead atoms. The quantitative estimate of drug-likeness (QED) is 0.382. The highest BCUT2D eigenvalue weighted by molar-refractivity contribution is 6.46. The van der Waals surface area contributed by atoms with Gasteiger partial charge < -0.3 is 24.4 Å². The van der Waals surface area contributed by atoms with E-state index >= 15 is 0 Å². The summed E-state index contributed by atoms with van der Waals surface area (Å²) in [6, 6.07) is 13.9. The van der Waals surface area contributed by atoms with Gasteiger partial charge in [-0.3, -0.25) is 14.5 Å². The van der Waals surface area contributed by atoms with Gasteiger partial charge in [0.25, 0.3) is 11.7 Å². The monoisotopic (exact) mass is 465 g/mol. The predicted molar refractivity (Wildman–Crippen MR) is 130 cm³/mol. The van der Waals surface area contributed by atoms with Crippen LogP contribution in [0.4, 0.5) is 5.69 Å². The largest absolute Gasteiger partial charge is 0.507 e. The number of carbonyl (C=O) groups is 2. The fraction of sp³-hybridized carbons (Fsp3) is 0.385. The minimum atomic E-state index is -0.677. The fourth-order valence-corrected chi connectivity index (χ4v) is 4.41. The number of likely N-dealkylation sites (tertiary alicyclic amines) is 1. The molecule has 0 spiro atoms. The standard InChI is InChI=1S/C26H31N3O5/c1-27(2)20-9-7-18(8-10-20)23-22(24(30)19-5-4-6-21(17-19)33-3)25(31)26(32)29(23)12-11-28-13-15-34-16-14-28/h4-10,17,23,30H,11-16H2,1-3H3/b24-22+. The van der Waals surface area contributed by atoms with Gasteiger partial charge >= 0.3 is 0 Å². The van der Waals surface area contributed by atoms with Gasteiger partial charge in [-0.1, -0.05) is 24.3 Å². The third-order valence-electron chi connectivity index (χ3n) is 6.37. The minimum Gasteiger partial charge on any atom is -0.507 e. The molecule has 180 valence electrons. The maximum atomic E-state index is 13.2. The molecule has 2 heterocycles. The van der Waals surface area contributed by atoms with Crippen LogP contribution in [0.15, 0.2) is 54.1 Å². The normalized spacial score (nSPS) is 20.6. The number of nitrogens with zero attached hydrogens (tertiary/aromatic N) is 3. The number of aliphatic hydroxyl groups excluding tert-OH is 1. The van der Waals surface area contributed by atoms with E-state index in [9.17, 15) is 14.7 Å². The molecule has 2 aromatic carbocycles. The molecular weight excluding hydrogens is 434 g/mol. The maximum absolute atomic E-state index is 13.2. The summed E-state index contributed by atoms with van der Waals surface area (Å²) in [4.78, 5) is 32.2. The molecule has 2 aliphatic rings. The second kappa shape index (κ2) is 10.3. The van der Waals surface area contributed by atoms with Crippen molar-refractivity contribution in [2.45, 2.75) is 6.04 Å². The van der Waals surface area contributed by atoms with Crippen molar-refractivity contribution in [3.8, 4) is 5.75 Å². The molecule has 1 unspecified atom stereocenters. The first kappa shape index (κ1) is 23.8. The number of hydrogen-bond donors (Lipinski definition) is 1. The van der Waals surface area contributed by atoms with Gasteiger partial charge in [-0.25, -0.2) is 0 Å². The Kier molecular flexibility index (Phi) is 7.19. The Morgan fingerprint density at radius 2 is 1.79 bits per heavy atom. The van der Waals surface area contributed by atoms with E-state index in [0.29, 0.717) is 37.6 Å². The molecular formula is C26H31N3O5. The molecule has 2 saturated heterocycles. The molecule has 2 fully saturated rings. The van der Waals surface area contributed by atoms with E-state index in [1.807, 2.05) is 43.3 Å². The molecule has 0 aromatic heterocycles. The summed E-state index contributed by atoms with van der Waals surface area (Å²) in [5, 5.41) is 11.2. The zero-order valence-corrected chi connectivity index (χ0v) is 19.9. The molecule has 34 heavy (non-hydrogen) atoms. The van der Waals surface area contributed by atoms with E-state index in [2.05, 4.69) is 4.90 Å². The van der Waals surface area contributed by atoms with Gasteiger partial charge in [0.05, 0.1) is 31.9 Å². The Hall–Kier alpha value is -3.36. The van der Waals surface area contributed by atoms with Crippen LogP contribution < -0.4 is 9.64 Å². The number of carbonyl (C=O) groups excluding carboxylic acids is 2. The second-order valence-electron chi connectivity index (χ2n) is 8.66. The Morgan fingerprint density at radius 3 is 2.44 bits per heavy atom. The molecule has 0 saturated carbocycles. The second-order valence-corrected chi connectivity index (χ2v) is 8.66. The Balaban J connectivity index is 1.74. The SMILES string of the molecule is COc1cccc(/C(O)=C2\C(=O)C(=O)N(CCN3CCOCC3)C2c2ccc(N(C)C)cc2)c1. The first-order valence-corrected chi connectivity index (χ1v) is 11.4. The number of rotatable bonds is 7. The number of methoxy groups -OCH3 is 1. The number of Topliss-reactive ketones (excluding diaryl/α,β-unsaturated/α-hetero) is 1. The first-order chi connectivity index (χ1) is 16.4. The van der Waals surface area contributed by atoms with Crippen LogP contribution in [0, 0.1) is 0 Å². The third kappa shape index (κ3) is 4.78. The van der Waals surface area contributed by atoms with E-state index in [1.54, 1.807) is 29.2 Å². The summed E-state index contributed by atoms with van der Waals surface area (Å²) in [7, 11) is 5.44. The van der Waals surface area contributed by atoms with Gasteiger partial charge in [-0.15, -0.1) is 0 Å². The average Bonchev–Trinajstić information content (AvgIpc) is 3.12.